The Bertz CT molecular complexity index is 609. The first kappa shape index (κ1) is 13.5. The lowest BCUT2D eigenvalue weighted by Crippen LogP contribution is -2.18. The Kier molecular flexibility index (Phi) is 3.72. The summed E-state index contributed by atoms with van der Waals surface area (Å²) in [5.41, 5.74) is 2.31. The summed E-state index contributed by atoms with van der Waals surface area (Å²) in [6.07, 6.45) is 1.97. The Morgan fingerprint density at radius 2 is 2.25 bits per heavy atom. The molecule has 1 heterocycles. The molecular weight excluding hydrogens is 270 g/mol. The molecule has 2 N–H and O–H groups in total. The van der Waals surface area contributed by atoms with Crippen LogP contribution in [0.5, 0.6) is 5.75 Å². The fraction of sp³-hybridized carbons (Fsp3) is 0.467. The molecule has 1 aliphatic carbocycles. The molecule has 106 valence electrons. The number of nitrogens with zero attached hydrogens (tertiary/aromatic N) is 2. The summed E-state index contributed by atoms with van der Waals surface area (Å²) >= 11 is 1.67. The van der Waals surface area contributed by atoms with E-state index in [1.54, 1.807) is 17.4 Å². The van der Waals surface area contributed by atoms with Gasteiger partial charge in [0, 0.05) is 12.0 Å². The van der Waals surface area contributed by atoms with Crippen molar-refractivity contribution in [1.29, 1.82) is 0 Å². The van der Waals surface area contributed by atoms with Crippen molar-refractivity contribution in [2.75, 3.05) is 0 Å². The van der Waals surface area contributed by atoms with Crippen molar-refractivity contribution in [3.8, 4) is 5.75 Å². The third kappa shape index (κ3) is 2.55. The van der Waals surface area contributed by atoms with E-state index < -0.39 is 0 Å². The number of benzene rings is 1. The fourth-order valence-electron chi connectivity index (χ4n) is 2.63. The molecular formula is C15H19N3OS. The number of phenols is 1. The number of fused-ring (bicyclic) bond motifs is 1. The topological polar surface area (TPSA) is 58.0 Å². The Morgan fingerprint density at radius 3 is 3.00 bits per heavy atom. The number of aromatic hydroxyl groups is 1. The van der Waals surface area contributed by atoms with Crippen LogP contribution >= 0.6 is 11.3 Å². The summed E-state index contributed by atoms with van der Waals surface area (Å²) in [4.78, 5) is 0. The van der Waals surface area contributed by atoms with E-state index in [-0.39, 0.29) is 0 Å². The minimum absolute atomic E-state index is 0.309. The van der Waals surface area contributed by atoms with Crippen LogP contribution in [0.3, 0.4) is 0 Å². The van der Waals surface area contributed by atoms with Crippen LogP contribution in [0.2, 0.25) is 0 Å². The first-order valence-electron chi connectivity index (χ1n) is 7.01. The number of aromatic nitrogens is 2. The van der Waals surface area contributed by atoms with Crippen LogP contribution in [0.15, 0.2) is 18.2 Å². The first-order chi connectivity index (χ1) is 9.65. The van der Waals surface area contributed by atoms with Gasteiger partial charge in [-0.3, -0.25) is 0 Å². The van der Waals surface area contributed by atoms with Gasteiger partial charge >= 0.3 is 0 Å². The van der Waals surface area contributed by atoms with Crippen LogP contribution in [-0.4, -0.2) is 15.3 Å². The molecule has 2 aromatic rings. The highest BCUT2D eigenvalue weighted by Gasteiger charge is 2.24. The van der Waals surface area contributed by atoms with E-state index in [0.29, 0.717) is 17.7 Å². The second-order valence-electron chi connectivity index (χ2n) is 5.51. The molecule has 0 bridgehead atoms. The van der Waals surface area contributed by atoms with Gasteiger partial charge in [0.25, 0.3) is 0 Å². The summed E-state index contributed by atoms with van der Waals surface area (Å²) < 4.78 is 0. The molecule has 0 spiro atoms. The smallest absolute Gasteiger partial charge is 0.131 e. The van der Waals surface area contributed by atoms with Crippen LogP contribution in [0.1, 0.15) is 53.4 Å². The number of hydrogen-bond donors (Lipinski definition) is 2. The van der Waals surface area contributed by atoms with Crippen LogP contribution in [-0.2, 0) is 13.0 Å². The predicted octanol–water partition coefficient (Wildman–Crippen LogP) is 3.14. The van der Waals surface area contributed by atoms with Crippen molar-refractivity contribution in [1.82, 2.24) is 15.5 Å². The van der Waals surface area contributed by atoms with E-state index in [2.05, 4.69) is 35.4 Å². The summed E-state index contributed by atoms with van der Waals surface area (Å²) in [5, 5.41) is 23.9. The molecule has 1 unspecified atom stereocenters. The molecule has 5 heteroatoms. The quantitative estimate of drug-likeness (QED) is 0.908. The Hall–Kier alpha value is -1.46. The van der Waals surface area contributed by atoms with E-state index in [0.717, 1.165) is 35.0 Å². The van der Waals surface area contributed by atoms with Gasteiger partial charge in [0.2, 0.25) is 0 Å². The standard InChI is InChI=1S/C15H19N3OS/c1-9(2)15-18-17-14(20-15)8-16-12-7-6-11-10(12)4-3-5-13(11)19/h3-5,9,12,16,19H,6-8H2,1-2H3. The maximum absolute atomic E-state index is 9.85. The van der Waals surface area contributed by atoms with Crippen molar-refractivity contribution in [3.63, 3.8) is 0 Å². The van der Waals surface area contributed by atoms with Crippen LogP contribution < -0.4 is 5.32 Å². The molecule has 0 saturated carbocycles. The van der Waals surface area contributed by atoms with Crippen LogP contribution in [0, 0.1) is 0 Å². The summed E-state index contributed by atoms with van der Waals surface area (Å²) in [5.74, 6) is 0.857. The highest BCUT2D eigenvalue weighted by Crippen LogP contribution is 2.36. The van der Waals surface area contributed by atoms with Gasteiger partial charge in [-0.25, -0.2) is 0 Å². The van der Waals surface area contributed by atoms with Gasteiger partial charge < -0.3 is 10.4 Å². The zero-order valence-corrected chi connectivity index (χ0v) is 12.6. The molecule has 0 radical (unpaired) electrons. The first-order valence-corrected chi connectivity index (χ1v) is 7.83. The number of rotatable bonds is 4. The van der Waals surface area contributed by atoms with Gasteiger partial charge in [0.15, 0.2) is 0 Å². The van der Waals surface area contributed by atoms with Crippen molar-refractivity contribution in [3.05, 3.63) is 39.3 Å². The Labute approximate surface area is 122 Å². The number of nitrogens with one attached hydrogen (secondary N) is 1. The Balaban J connectivity index is 1.67. The molecule has 0 saturated heterocycles. The molecule has 1 aromatic heterocycles. The predicted molar refractivity (Wildman–Crippen MR) is 80.0 cm³/mol. The van der Waals surface area contributed by atoms with Gasteiger partial charge in [-0.2, -0.15) is 0 Å². The molecule has 4 nitrogen and oxygen atoms in total. The summed E-state index contributed by atoms with van der Waals surface area (Å²) in [6.45, 7) is 5.01. The fourth-order valence-corrected chi connectivity index (χ4v) is 3.42. The van der Waals surface area contributed by atoms with Crippen LogP contribution in [0.25, 0.3) is 0 Å². The van der Waals surface area contributed by atoms with Crippen molar-refractivity contribution in [2.45, 2.75) is 45.2 Å². The zero-order valence-electron chi connectivity index (χ0n) is 11.8. The van der Waals surface area contributed by atoms with Crippen molar-refractivity contribution in [2.24, 2.45) is 0 Å². The van der Waals surface area contributed by atoms with Crippen molar-refractivity contribution >= 4 is 11.3 Å². The third-order valence-corrected chi connectivity index (χ3v) is 4.95. The molecule has 3 rings (SSSR count). The zero-order chi connectivity index (χ0) is 14.1. The van der Waals surface area contributed by atoms with Gasteiger partial charge in [-0.15, -0.1) is 10.2 Å². The summed E-state index contributed by atoms with van der Waals surface area (Å²) in [6, 6.07) is 6.08. The van der Waals surface area contributed by atoms with Crippen molar-refractivity contribution < 1.29 is 5.11 Å². The highest BCUT2D eigenvalue weighted by atomic mass is 32.1. The lowest BCUT2D eigenvalue weighted by molar-refractivity contribution is 0.469. The summed E-state index contributed by atoms with van der Waals surface area (Å²) in [7, 11) is 0. The molecule has 1 atom stereocenters. The molecule has 0 aliphatic heterocycles. The van der Waals surface area contributed by atoms with Gasteiger partial charge in [0.1, 0.15) is 15.8 Å². The van der Waals surface area contributed by atoms with E-state index >= 15 is 0 Å². The minimum atomic E-state index is 0.309. The Morgan fingerprint density at radius 1 is 1.40 bits per heavy atom. The van der Waals surface area contributed by atoms with E-state index in [4.69, 9.17) is 0 Å². The lowest BCUT2D eigenvalue weighted by atomic mass is 10.1. The molecule has 20 heavy (non-hydrogen) atoms. The van der Waals surface area contributed by atoms with E-state index in [1.165, 1.54) is 5.56 Å². The average molecular weight is 289 g/mol. The van der Waals surface area contributed by atoms with Gasteiger partial charge in [-0.1, -0.05) is 37.3 Å². The van der Waals surface area contributed by atoms with Gasteiger partial charge in [0.05, 0.1) is 6.54 Å². The number of phenolic OH excluding ortho intramolecular Hbond substituents is 1. The maximum atomic E-state index is 9.85. The minimum Gasteiger partial charge on any atom is -0.508 e. The third-order valence-electron chi connectivity index (χ3n) is 3.72. The largest absolute Gasteiger partial charge is 0.508 e. The molecule has 0 amide bonds. The second kappa shape index (κ2) is 5.50. The van der Waals surface area contributed by atoms with Crippen LogP contribution in [0.4, 0.5) is 0 Å². The second-order valence-corrected chi connectivity index (χ2v) is 6.60. The SMILES string of the molecule is CC(C)c1nnc(CNC2CCc3c(O)cccc32)s1. The van der Waals surface area contributed by atoms with E-state index in [9.17, 15) is 5.11 Å². The highest BCUT2D eigenvalue weighted by molar-refractivity contribution is 7.11. The molecule has 0 fully saturated rings. The lowest BCUT2D eigenvalue weighted by Gasteiger charge is -2.12. The van der Waals surface area contributed by atoms with E-state index in [1.807, 2.05) is 6.07 Å². The molecule has 1 aliphatic rings. The maximum Gasteiger partial charge on any atom is 0.131 e. The average Bonchev–Trinajstić information content (AvgIpc) is 3.03. The normalized spacial score (nSPS) is 17.6. The molecule has 1 aromatic carbocycles. The monoisotopic (exact) mass is 289 g/mol. The van der Waals surface area contributed by atoms with Gasteiger partial charge in [-0.05, 0) is 30.0 Å². The number of hydrogen-bond acceptors (Lipinski definition) is 5.